The van der Waals surface area contributed by atoms with Gasteiger partial charge in [0.1, 0.15) is 11.5 Å². The zero-order valence-electron chi connectivity index (χ0n) is 23.4. The molecule has 1 saturated carbocycles. The SMILES string of the molecule is CC(C)CC(C(=O)NC(=O)C1(NC(=O)c2cccc(CN(C)C)c2)CCCCC1)c1nnc(SC(C)C)o1. The van der Waals surface area contributed by atoms with Crippen molar-refractivity contribution in [2.24, 2.45) is 5.92 Å². The zero-order chi connectivity index (χ0) is 27.9. The van der Waals surface area contributed by atoms with E-state index in [2.05, 4.69) is 20.8 Å². The fourth-order valence-corrected chi connectivity index (χ4v) is 5.37. The molecular weight excluding hydrogens is 502 g/mol. The van der Waals surface area contributed by atoms with Gasteiger partial charge in [-0.1, -0.05) is 70.9 Å². The highest BCUT2D eigenvalue weighted by Gasteiger charge is 2.43. The summed E-state index contributed by atoms with van der Waals surface area (Å²) in [5, 5.41) is 14.4. The zero-order valence-corrected chi connectivity index (χ0v) is 24.2. The molecule has 2 aromatic rings. The Morgan fingerprint density at radius 2 is 1.79 bits per heavy atom. The second-order valence-corrected chi connectivity index (χ2v) is 12.6. The molecule has 208 valence electrons. The average Bonchev–Trinajstić information content (AvgIpc) is 3.30. The van der Waals surface area contributed by atoms with Gasteiger partial charge < -0.3 is 14.6 Å². The molecule has 10 heteroatoms. The Morgan fingerprint density at radius 1 is 1.08 bits per heavy atom. The Bertz CT molecular complexity index is 1110. The molecule has 1 aromatic heterocycles. The van der Waals surface area contributed by atoms with Crippen LogP contribution in [0.3, 0.4) is 0 Å². The summed E-state index contributed by atoms with van der Waals surface area (Å²) in [6, 6.07) is 7.40. The monoisotopic (exact) mass is 543 g/mol. The molecule has 9 nitrogen and oxygen atoms in total. The van der Waals surface area contributed by atoms with Gasteiger partial charge in [-0.2, -0.15) is 0 Å². The highest BCUT2D eigenvalue weighted by molar-refractivity contribution is 7.99. The number of rotatable bonds is 11. The second-order valence-electron chi connectivity index (χ2n) is 11.1. The molecule has 3 rings (SSSR count). The third-order valence-corrected chi connectivity index (χ3v) is 7.34. The molecule has 1 aliphatic rings. The summed E-state index contributed by atoms with van der Waals surface area (Å²) >= 11 is 1.42. The van der Waals surface area contributed by atoms with Crippen LogP contribution in [0.1, 0.15) is 93.9 Å². The topological polar surface area (TPSA) is 117 Å². The molecule has 0 spiro atoms. The Labute approximate surface area is 229 Å². The summed E-state index contributed by atoms with van der Waals surface area (Å²) in [6.07, 6.45) is 3.95. The molecule has 1 aromatic carbocycles. The maximum absolute atomic E-state index is 13.7. The minimum absolute atomic E-state index is 0.159. The largest absolute Gasteiger partial charge is 0.415 e. The van der Waals surface area contributed by atoms with Crippen molar-refractivity contribution < 1.29 is 18.8 Å². The summed E-state index contributed by atoms with van der Waals surface area (Å²) in [4.78, 5) is 42.4. The van der Waals surface area contributed by atoms with E-state index in [-0.39, 0.29) is 23.0 Å². The first-order chi connectivity index (χ1) is 18.0. The molecule has 1 heterocycles. The van der Waals surface area contributed by atoms with E-state index in [0.717, 1.165) is 24.8 Å². The lowest BCUT2D eigenvalue weighted by molar-refractivity contribution is -0.136. The number of imide groups is 1. The van der Waals surface area contributed by atoms with Crippen LogP contribution in [0.15, 0.2) is 33.9 Å². The van der Waals surface area contributed by atoms with E-state index in [0.29, 0.717) is 36.6 Å². The van der Waals surface area contributed by atoms with E-state index >= 15 is 0 Å². The van der Waals surface area contributed by atoms with Crippen LogP contribution >= 0.6 is 11.8 Å². The first kappa shape index (κ1) is 29.8. The maximum Gasteiger partial charge on any atom is 0.276 e. The van der Waals surface area contributed by atoms with Crippen molar-refractivity contribution in [2.75, 3.05) is 14.1 Å². The van der Waals surface area contributed by atoms with Crippen molar-refractivity contribution in [3.63, 3.8) is 0 Å². The predicted molar refractivity (Wildman–Crippen MR) is 148 cm³/mol. The summed E-state index contributed by atoms with van der Waals surface area (Å²) in [5.41, 5.74) is 0.344. The molecule has 0 bridgehead atoms. The predicted octanol–water partition coefficient (Wildman–Crippen LogP) is 4.54. The molecule has 0 radical (unpaired) electrons. The fraction of sp³-hybridized carbons (Fsp3) is 0.607. The van der Waals surface area contributed by atoms with Crippen LogP contribution < -0.4 is 10.6 Å². The Morgan fingerprint density at radius 3 is 2.42 bits per heavy atom. The van der Waals surface area contributed by atoms with Crippen LogP contribution in [0.25, 0.3) is 0 Å². The Kier molecular flexibility index (Phi) is 10.5. The molecule has 0 saturated heterocycles. The van der Waals surface area contributed by atoms with Crippen molar-refractivity contribution in [3.8, 4) is 0 Å². The van der Waals surface area contributed by atoms with Crippen molar-refractivity contribution in [1.82, 2.24) is 25.7 Å². The fourth-order valence-electron chi connectivity index (χ4n) is 4.75. The number of nitrogens with zero attached hydrogens (tertiary/aromatic N) is 3. The van der Waals surface area contributed by atoms with Crippen molar-refractivity contribution in [2.45, 2.75) is 94.7 Å². The number of hydrogen-bond acceptors (Lipinski definition) is 8. The lowest BCUT2D eigenvalue weighted by Gasteiger charge is -2.36. The number of hydrogen-bond donors (Lipinski definition) is 2. The molecule has 0 aliphatic heterocycles. The van der Waals surface area contributed by atoms with Gasteiger partial charge in [0.15, 0.2) is 0 Å². The summed E-state index contributed by atoms with van der Waals surface area (Å²) in [7, 11) is 3.94. The lowest BCUT2D eigenvalue weighted by atomic mass is 9.80. The number of benzene rings is 1. The minimum Gasteiger partial charge on any atom is -0.415 e. The smallest absolute Gasteiger partial charge is 0.276 e. The standard InChI is InChI=1S/C28H41N5O4S/c1-18(2)15-22(25-31-32-27(37-25)38-19(3)4)24(35)29-26(36)28(13-8-7-9-14-28)30-23(34)21-12-10-11-20(16-21)17-33(5)6/h10-12,16,18-19,22H,7-9,13-15,17H2,1-6H3,(H,30,34)(H,29,35,36). The van der Waals surface area contributed by atoms with Gasteiger partial charge in [0.05, 0.1) is 0 Å². The van der Waals surface area contributed by atoms with Gasteiger partial charge in [-0.05, 0) is 57.0 Å². The molecule has 38 heavy (non-hydrogen) atoms. The van der Waals surface area contributed by atoms with Gasteiger partial charge in [-0.15, -0.1) is 10.2 Å². The Hall–Kier alpha value is -2.72. The molecule has 1 unspecified atom stereocenters. The van der Waals surface area contributed by atoms with Crippen LogP contribution in [-0.2, 0) is 16.1 Å². The number of carbonyl (C=O) groups excluding carboxylic acids is 3. The highest BCUT2D eigenvalue weighted by atomic mass is 32.2. The summed E-state index contributed by atoms with van der Waals surface area (Å²) in [6.45, 7) is 8.72. The van der Waals surface area contributed by atoms with E-state index in [1.54, 1.807) is 6.07 Å². The van der Waals surface area contributed by atoms with Crippen LogP contribution in [0.2, 0.25) is 0 Å². The van der Waals surface area contributed by atoms with Crippen LogP contribution in [0.5, 0.6) is 0 Å². The van der Waals surface area contributed by atoms with Gasteiger partial charge >= 0.3 is 0 Å². The first-order valence-electron chi connectivity index (χ1n) is 13.4. The second kappa shape index (κ2) is 13.4. The van der Waals surface area contributed by atoms with Crippen LogP contribution in [0, 0.1) is 5.92 Å². The molecular formula is C28H41N5O4S. The number of amides is 3. The van der Waals surface area contributed by atoms with Gasteiger partial charge in [0.25, 0.3) is 17.0 Å². The van der Waals surface area contributed by atoms with E-state index in [4.69, 9.17) is 4.42 Å². The lowest BCUT2D eigenvalue weighted by Crippen LogP contribution is -2.61. The highest BCUT2D eigenvalue weighted by Crippen LogP contribution is 2.31. The van der Waals surface area contributed by atoms with Crippen molar-refractivity contribution in [3.05, 3.63) is 41.3 Å². The maximum atomic E-state index is 13.7. The van der Waals surface area contributed by atoms with Crippen LogP contribution in [-0.4, -0.2) is 57.7 Å². The van der Waals surface area contributed by atoms with Gasteiger partial charge in [-0.3, -0.25) is 19.7 Å². The quantitative estimate of drug-likeness (QED) is 0.397. The molecule has 3 amide bonds. The molecule has 1 fully saturated rings. The van der Waals surface area contributed by atoms with Gasteiger partial charge in [0.2, 0.25) is 11.8 Å². The number of thioether (sulfide) groups is 1. The minimum atomic E-state index is -1.15. The summed E-state index contributed by atoms with van der Waals surface area (Å²) < 4.78 is 5.79. The number of carbonyl (C=O) groups is 3. The molecule has 2 N–H and O–H groups in total. The average molecular weight is 544 g/mol. The third-order valence-electron chi connectivity index (χ3n) is 6.50. The van der Waals surface area contributed by atoms with Gasteiger partial charge in [0, 0.05) is 17.4 Å². The van der Waals surface area contributed by atoms with E-state index in [1.165, 1.54) is 11.8 Å². The number of nitrogens with one attached hydrogen (secondary N) is 2. The van der Waals surface area contributed by atoms with Crippen LogP contribution in [0.4, 0.5) is 0 Å². The van der Waals surface area contributed by atoms with E-state index in [9.17, 15) is 14.4 Å². The summed E-state index contributed by atoms with van der Waals surface area (Å²) in [5.74, 6) is -1.68. The normalized spacial score (nSPS) is 16.0. The Balaban J connectivity index is 1.79. The van der Waals surface area contributed by atoms with Crippen molar-refractivity contribution >= 4 is 29.5 Å². The van der Waals surface area contributed by atoms with E-state index in [1.807, 2.05) is 64.9 Å². The third kappa shape index (κ3) is 8.14. The number of aromatic nitrogens is 2. The molecule has 1 atom stereocenters. The van der Waals surface area contributed by atoms with E-state index < -0.39 is 23.3 Å². The molecule has 1 aliphatic carbocycles. The van der Waals surface area contributed by atoms with Crippen molar-refractivity contribution in [1.29, 1.82) is 0 Å². The first-order valence-corrected chi connectivity index (χ1v) is 14.3. The van der Waals surface area contributed by atoms with Gasteiger partial charge in [-0.25, -0.2) is 0 Å².